The molecule has 0 fully saturated rings. The monoisotopic (exact) mass is 300 g/mol. The first-order valence-electron chi connectivity index (χ1n) is 6.76. The smallest absolute Gasteiger partial charge is 0.246 e. The van der Waals surface area contributed by atoms with Crippen LogP contribution in [0.25, 0.3) is 6.08 Å². The molecule has 0 spiro atoms. The van der Waals surface area contributed by atoms with Gasteiger partial charge in [-0.3, -0.25) is 9.78 Å². The Morgan fingerprint density at radius 1 is 1.41 bits per heavy atom. The lowest BCUT2D eigenvalue weighted by molar-refractivity contribution is -0.125. The third-order valence-electron chi connectivity index (χ3n) is 3.11. The average Bonchev–Trinajstić information content (AvgIpc) is 2.53. The Labute approximate surface area is 128 Å². The summed E-state index contributed by atoms with van der Waals surface area (Å²) in [6.45, 7) is 0.317. The summed E-state index contributed by atoms with van der Waals surface area (Å²) in [5.74, 6) is -0.416. The van der Waals surface area contributed by atoms with Crippen molar-refractivity contribution in [2.75, 3.05) is 14.2 Å². The predicted octanol–water partition coefficient (Wildman–Crippen LogP) is 2.90. The van der Waals surface area contributed by atoms with Gasteiger partial charge in [-0.05, 0) is 35.4 Å². The Balaban J connectivity index is 1.99. The van der Waals surface area contributed by atoms with E-state index >= 15 is 0 Å². The van der Waals surface area contributed by atoms with Crippen LogP contribution >= 0.6 is 0 Å². The molecular formula is C17H17FN2O2. The van der Waals surface area contributed by atoms with E-state index < -0.39 is 5.82 Å². The van der Waals surface area contributed by atoms with Gasteiger partial charge >= 0.3 is 0 Å². The van der Waals surface area contributed by atoms with E-state index in [2.05, 4.69) is 4.98 Å². The zero-order valence-electron chi connectivity index (χ0n) is 12.5. The Morgan fingerprint density at radius 3 is 2.86 bits per heavy atom. The molecule has 0 aliphatic carbocycles. The van der Waals surface area contributed by atoms with Crippen LogP contribution in [-0.2, 0) is 11.3 Å². The highest BCUT2D eigenvalue weighted by atomic mass is 19.1. The van der Waals surface area contributed by atoms with Gasteiger partial charge in [-0.2, -0.15) is 0 Å². The second-order valence-electron chi connectivity index (χ2n) is 4.78. The summed E-state index contributed by atoms with van der Waals surface area (Å²) >= 11 is 0. The number of carbonyl (C=O) groups is 1. The number of hydrogen-bond donors (Lipinski definition) is 0. The van der Waals surface area contributed by atoms with Gasteiger partial charge in [0.25, 0.3) is 0 Å². The second kappa shape index (κ2) is 7.36. The van der Waals surface area contributed by atoms with Crippen LogP contribution < -0.4 is 4.74 Å². The van der Waals surface area contributed by atoms with Crippen molar-refractivity contribution >= 4 is 12.0 Å². The fourth-order valence-electron chi connectivity index (χ4n) is 1.93. The molecule has 0 aliphatic heterocycles. The molecule has 0 aliphatic rings. The lowest BCUT2D eigenvalue weighted by atomic mass is 10.2. The van der Waals surface area contributed by atoms with E-state index in [0.717, 1.165) is 5.56 Å². The molecule has 0 N–H and O–H groups in total. The van der Waals surface area contributed by atoms with Crippen molar-refractivity contribution in [1.82, 2.24) is 9.88 Å². The highest BCUT2D eigenvalue weighted by molar-refractivity contribution is 5.91. The van der Waals surface area contributed by atoms with Gasteiger partial charge in [0, 0.05) is 32.1 Å². The topological polar surface area (TPSA) is 42.4 Å². The van der Waals surface area contributed by atoms with Crippen molar-refractivity contribution in [3.05, 3.63) is 65.7 Å². The van der Waals surface area contributed by atoms with Crippen LogP contribution in [0.4, 0.5) is 4.39 Å². The molecule has 2 aromatic rings. The first kappa shape index (κ1) is 15.7. The van der Waals surface area contributed by atoms with Crippen LogP contribution in [0.1, 0.15) is 11.1 Å². The van der Waals surface area contributed by atoms with Crippen LogP contribution in [0.5, 0.6) is 5.75 Å². The quantitative estimate of drug-likeness (QED) is 0.797. The third kappa shape index (κ3) is 4.15. The molecule has 22 heavy (non-hydrogen) atoms. The summed E-state index contributed by atoms with van der Waals surface area (Å²) in [5, 5.41) is 0. The molecular weight excluding hydrogens is 283 g/mol. The normalized spacial score (nSPS) is 10.7. The van der Waals surface area contributed by atoms with Crippen LogP contribution in [0, 0.1) is 5.82 Å². The van der Waals surface area contributed by atoms with Gasteiger partial charge < -0.3 is 9.64 Å². The molecule has 5 heteroatoms. The standard InChI is InChI=1S/C17H17FN2O2/c1-20(12-14-5-7-16(22-2)15(18)10-14)17(21)8-6-13-4-3-9-19-11-13/h3-11H,12H2,1-2H3/b8-6+. The highest BCUT2D eigenvalue weighted by Gasteiger charge is 2.08. The largest absolute Gasteiger partial charge is 0.494 e. The Hall–Kier alpha value is -2.69. The van der Waals surface area contributed by atoms with Crippen molar-refractivity contribution in [2.45, 2.75) is 6.54 Å². The summed E-state index contributed by atoms with van der Waals surface area (Å²) < 4.78 is 18.5. The highest BCUT2D eigenvalue weighted by Crippen LogP contribution is 2.18. The number of pyridine rings is 1. The molecule has 0 saturated carbocycles. The predicted molar refractivity (Wildman–Crippen MR) is 82.7 cm³/mol. The number of carbonyl (C=O) groups excluding carboxylic acids is 1. The molecule has 0 radical (unpaired) electrons. The van der Waals surface area contributed by atoms with E-state index in [4.69, 9.17) is 4.74 Å². The number of rotatable bonds is 5. The van der Waals surface area contributed by atoms with Gasteiger partial charge in [0.15, 0.2) is 11.6 Å². The first-order chi connectivity index (χ1) is 10.6. The number of likely N-dealkylation sites (N-methyl/N-ethyl adjacent to an activating group) is 1. The number of aromatic nitrogens is 1. The molecule has 4 nitrogen and oxygen atoms in total. The summed E-state index contributed by atoms with van der Waals surface area (Å²) in [6, 6.07) is 8.31. The number of benzene rings is 1. The molecule has 1 aromatic carbocycles. The van der Waals surface area contributed by atoms with Gasteiger partial charge in [-0.15, -0.1) is 0 Å². The van der Waals surface area contributed by atoms with E-state index in [-0.39, 0.29) is 11.7 Å². The number of hydrogen-bond acceptors (Lipinski definition) is 3. The van der Waals surface area contributed by atoms with E-state index in [1.54, 1.807) is 43.7 Å². The molecule has 114 valence electrons. The van der Waals surface area contributed by atoms with Gasteiger partial charge in [0.05, 0.1) is 7.11 Å². The number of amides is 1. The molecule has 2 rings (SSSR count). The maximum Gasteiger partial charge on any atom is 0.246 e. The molecule has 1 aromatic heterocycles. The summed E-state index contributed by atoms with van der Waals surface area (Å²) in [5.41, 5.74) is 1.55. The van der Waals surface area contributed by atoms with E-state index in [1.165, 1.54) is 24.2 Å². The van der Waals surface area contributed by atoms with Crippen molar-refractivity contribution in [3.63, 3.8) is 0 Å². The summed E-state index contributed by atoms with van der Waals surface area (Å²) in [4.78, 5) is 17.5. The zero-order chi connectivity index (χ0) is 15.9. The van der Waals surface area contributed by atoms with Gasteiger partial charge in [0.2, 0.25) is 5.91 Å². The van der Waals surface area contributed by atoms with Crippen LogP contribution in [0.3, 0.4) is 0 Å². The molecule has 0 bridgehead atoms. The second-order valence-corrected chi connectivity index (χ2v) is 4.78. The third-order valence-corrected chi connectivity index (χ3v) is 3.11. The number of halogens is 1. The van der Waals surface area contributed by atoms with Crippen LogP contribution in [0.2, 0.25) is 0 Å². The van der Waals surface area contributed by atoms with Crippen LogP contribution in [0.15, 0.2) is 48.8 Å². The summed E-state index contributed by atoms with van der Waals surface area (Å²) in [6.07, 6.45) is 6.50. The Morgan fingerprint density at radius 2 is 2.23 bits per heavy atom. The molecule has 1 amide bonds. The molecule has 1 heterocycles. The lowest BCUT2D eigenvalue weighted by Gasteiger charge is -2.15. The van der Waals surface area contributed by atoms with E-state index in [9.17, 15) is 9.18 Å². The van der Waals surface area contributed by atoms with Crippen molar-refractivity contribution in [1.29, 1.82) is 0 Å². The van der Waals surface area contributed by atoms with Crippen molar-refractivity contribution < 1.29 is 13.9 Å². The zero-order valence-corrected chi connectivity index (χ0v) is 12.5. The fourth-order valence-corrected chi connectivity index (χ4v) is 1.93. The average molecular weight is 300 g/mol. The van der Waals surface area contributed by atoms with Gasteiger partial charge in [-0.1, -0.05) is 12.1 Å². The van der Waals surface area contributed by atoms with Gasteiger partial charge in [-0.25, -0.2) is 4.39 Å². The number of ether oxygens (including phenoxy) is 1. The Kier molecular flexibility index (Phi) is 5.25. The minimum Gasteiger partial charge on any atom is -0.494 e. The van der Waals surface area contributed by atoms with Crippen molar-refractivity contribution in [2.24, 2.45) is 0 Å². The minimum atomic E-state index is -0.438. The number of methoxy groups -OCH3 is 1. The van der Waals surface area contributed by atoms with E-state index in [0.29, 0.717) is 12.1 Å². The maximum absolute atomic E-state index is 13.6. The summed E-state index contributed by atoms with van der Waals surface area (Å²) in [7, 11) is 3.08. The van der Waals surface area contributed by atoms with Gasteiger partial charge in [0.1, 0.15) is 0 Å². The molecule has 0 saturated heterocycles. The molecule has 0 atom stereocenters. The molecule has 0 unspecified atom stereocenters. The van der Waals surface area contributed by atoms with Crippen molar-refractivity contribution in [3.8, 4) is 5.75 Å². The maximum atomic E-state index is 13.6. The number of nitrogens with zero attached hydrogens (tertiary/aromatic N) is 2. The fraction of sp³-hybridized carbons (Fsp3) is 0.176. The van der Waals surface area contributed by atoms with Crippen LogP contribution in [-0.4, -0.2) is 29.9 Å². The first-order valence-corrected chi connectivity index (χ1v) is 6.76. The Bertz CT molecular complexity index is 672. The minimum absolute atomic E-state index is 0.167. The van der Waals surface area contributed by atoms with E-state index in [1.807, 2.05) is 6.07 Å². The lowest BCUT2D eigenvalue weighted by Crippen LogP contribution is -2.24. The SMILES string of the molecule is COc1ccc(CN(C)C(=O)/C=C/c2cccnc2)cc1F.